The predicted molar refractivity (Wildman–Crippen MR) is 93.5 cm³/mol. The molecule has 0 saturated heterocycles. The summed E-state index contributed by atoms with van der Waals surface area (Å²) < 4.78 is 0. The van der Waals surface area contributed by atoms with Crippen LogP contribution in [0.5, 0.6) is 0 Å². The van der Waals surface area contributed by atoms with Gasteiger partial charge in [0.05, 0.1) is 24.5 Å². The number of aryl methyl sites for hydroxylation is 2. The number of amides is 2. The van der Waals surface area contributed by atoms with Gasteiger partial charge in [0.15, 0.2) is 0 Å². The quantitative estimate of drug-likeness (QED) is 0.939. The van der Waals surface area contributed by atoms with E-state index >= 15 is 0 Å². The van der Waals surface area contributed by atoms with Gasteiger partial charge in [0.1, 0.15) is 0 Å². The number of aromatic nitrogens is 2. The molecule has 24 heavy (non-hydrogen) atoms. The third-order valence-electron chi connectivity index (χ3n) is 4.58. The second-order valence-corrected chi connectivity index (χ2v) is 6.46. The third-order valence-corrected chi connectivity index (χ3v) is 4.58. The lowest BCUT2D eigenvalue weighted by Gasteiger charge is -2.23. The van der Waals surface area contributed by atoms with Crippen molar-refractivity contribution in [3.05, 3.63) is 59.2 Å². The fraction of sp³-hybridized carbons (Fsp3) is 0.421. The van der Waals surface area contributed by atoms with Crippen LogP contribution in [0.4, 0.5) is 4.79 Å². The number of hydrogen-bond acceptors (Lipinski definition) is 3. The summed E-state index contributed by atoms with van der Waals surface area (Å²) >= 11 is 0. The number of carbonyl (C=O) groups excluding carboxylic acids is 1. The van der Waals surface area contributed by atoms with Crippen LogP contribution in [0.15, 0.2) is 36.8 Å². The van der Waals surface area contributed by atoms with Crippen LogP contribution in [-0.2, 0) is 19.4 Å². The molecule has 126 valence electrons. The molecule has 1 aliphatic rings. The van der Waals surface area contributed by atoms with E-state index in [1.165, 1.54) is 30.4 Å². The topological polar surface area (TPSA) is 58.1 Å². The lowest BCUT2D eigenvalue weighted by atomic mass is 9.89. The molecule has 0 radical (unpaired) electrons. The standard InChI is InChI=1S/C19H24N4O/c1-14(16-8-7-15-5-3-4-6-17(15)11-16)22-19(24)23(2)13-18-12-20-9-10-21-18/h7-12,14H,3-6,13H2,1-2H3,(H,22,24)/t14-/m1/s1. The number of urea groups is 1. The average molecular weight is 324 g/mol. The molecular weight excluding hydrogens is 300 g/mol. The minimum Gasteiger partial charge on any atom is -0.331 e. The number of hydrogen-bond donors (Lipinski definition) is 1. The zero-order valence-electron chi connectivity index (χ0n) is 14.3. The van der Waals surface area contributed by atoms with Crippen LogP contribution in [0.2, 0.25) is 0 Å². The molecule has 1 atom stereocenters. The summed E-state index contributed by atoms with van der Waals surface area (Å²) in [5.74, 6) is 0. The molecule has 5 nitrogen and oxygen atoms in total. The van der Waals surface area contributed by atoms with E-state index in [-0.39, 0.29) is 12.1 Å². The van der Waals surface area contributed by atoms with Gasteiger partial charge in [0.25, 0.3) is 0 Å². The highest BCUT2D eigenvalue weighted by molar-refractivity contribution is 5.74. The van der Waals surface area contributed by atoms with Gasteiger partial charge in [0.2, 0.25) is 0 Å². The van der Waals surface area contributed by atoms with Gasteiger partial charge < -0.3 is 10.2 Å². The molecule has 2 amide bonds. The molecular formula is C19H24N4O. The van der Waals surface area contributed by atoms with Crippen molar-refractivity contribution in [2.75, 3.05) is 7.05 Å². The molecule has 5 heteroatoms. The molecule has 0 fully saturated rings. The van der Waals surface area contributed by atoms with E-state index in [9.17, 15) is 4.79 Å². The molecule has 2 aromatic rings. The Labute approximate surface area is 143 Å². The first-order valence-corrected chi connectivity index (χ1v) is 8.51. The zero-order valence-corrected chi connectivity index (χ0v) is 14.3. The van der Waals surface area contributed by atoms with E-state index in [0.717, 1.165) is 17.7 Å². The highest BCUT2D eigenvalue weighted by Gasteiger charge is 2.16. The van der Waals surface area contributed by atoms with Gasteiger partial charge in [0, 0.05) is 19.4 Å². The number of fused-ring (bicyclic) bond motifs is 1. The average Bonchev–Trinajstić information content (AvgIpc) is 2.62. The van der Waals surface area contributed by atoms with E-state index in [1.807, 2.05) is 6.92 Å². The maximum atomic E-state index is 12.4. The van der Waals surface area contributed by atoms with Gasteiger partial charge in [-0.1, -0.05) is 18.2 Å². The lowest BCUT2D eigenvalue weighted by molar-refractivity contribution is 0.203. The van der Waals surface area contributed by atoms with Gasteiger partial charge in [-0.3, -0.25) is 9.97 Å². The zero-order chi connectivity index (χ0) is 16.9. The molecule has 0 bridgehead atoms. The summed E-state index contributed by atoms with van der Waals surface area (Å²) in [6, 6.07) is 6.48. The summed E-state index contributed by atoms with van der Waals surface area (Å²) in [5, 5.41) is 3.06. The second kappa shape index (κ2) is 7.43. The molecule has 0 aliphatic heterocycles. The first kappa shape index (κ1) is 16.4. The molecule has 1 N–H and O–H groups in total. The minimum absolute atomic E-state index is 0.0194. The number of rotatable bonds is 4. The Hall–Kier alpha value is -2.43. The molecule has 1 heterocycles. The minimum atomic E-state index is -0.106. The summed E-state index contributed by atoms with van der Waals surface area (Å²) in [7, 11) is 1.77. The van der Waals surface area contributed by atoms with Gasteiger partial charge in [-0.2, -0.15) is 0 Å². The largest absolute Gasteiger partial charge is 0.331 e. The summed E-state index contributed by atoms with van der Waals surface area (Å²) in [6.45, 7) is 2.47. The summed E-state index contributed by atoms with van der Waals surface area (Å²) in [6.07, 6.45) is 9.81. The van der Waals surface area contributed by atoms with Crippen LogP contribution in [0.1, 0.15) is 48.2 Å². The third kappa shape index (κ3) is 3.91. The molecule has 0 spiro atoms. The Balaban J connectivity index is 1.61. The van der Waals surface area contributed by atoms with Crippen molar-refractivity contribution in [2.24, 2.45) is 0 Å². The molecule has 3 rings (SSSR count). The second-order valence-electron chi connectivity index (χ2n) is 6.46. The van der Waals surface area contributed by atoms with Crippen LogP contribution < -0.4 is 5.32 Å². The maximum absolute atomic E-state index is 12.4. The van der Waals surface area contributed by atoms with Crippen molar-refractivity contribution >= 4 is 6.03 Å². The van der Waals surface area contributed by atoms with E-state index in [1.54, 1.807) is 30.5 Å². The Bertz CT molecular complexity index is 702. The van der Waals surface area contributed by atoms with Crippen LogP contribution in [0, 0.1) is 0 Å². The van der Waals surface area contributed by atoms with Crippen molar-refractivity contribution in [2.45, 2.75) is 45.2 Å². The van der Waals surface area contributed by atoms with Gasteiger partial charge in [-0.25, -0.2) is 4.79 Å². The van der Waals surface area contributed by atoms with Crippen molar-refractivity contribution in [1.29, 1.82) is 0 Å². The molecule has 1 aliphatic carbocycles. The van der Waals surface area contributed by atoms with Crippen LogP contribution in [0.3, 0.4) is 0 Å². The number of benzene rings is 1. The summed E-state index contributed by atoms with van der Waals surface area (Å²) in [5.41, 5.74) is 4.84. The maximum Gasteiger partial charge on any atom is 0.317 e. The Morgan fingerprint density at radius 2 is 2.04 bits per heavy atom. The Morgan fingerprint density at radius 1 is 1.25 bits per heavy atom. The normalized spacial score (nSPS) is 14.6. The van der Waals surface area contributed by atoms with Gasteiger partial charge in [-0.05, 0) is 49.3 Å². The summed E-state index contributed by atoms with van der Waals surface area (Å²) in [4.78, 5) is 22.2. The fourth-order valence-corrected chi connectivity index (χ4v) is 3.13. The van der Waals surface area contributed by atoms with Crippen molar-refractivity contribution in [1.82, 2.24) is 20.2 Å². The number of carbonyl (C=O) groups is 1. The monoisotopic (exact) mass is 324 g/mol. The predicted octanol–water partition coefficient (Wildman–Crippen LogP) is 3.26. The smallest absolute Gasteiger partial charge is 0.317 e. The van der Waals surface area contributed by atoms with Gasteiger partial charge in [-0.15, -0.1) is 0 Å². The molecule has 1 aromatic carbocycles. The molecule has 0 saturated carbocycles. The first-order chi connectivity index (χ1) is 11.6. The number of nitrogens with zero attached hydrogens (tertiary/aromatic N) is 3. The van der Waals surface area contributed by atoms with E-state index in [0.29, 0.717) is 6.54 Å². The van der Waals surface area contributed by atoms with Crippen molar-refractivity contribution in [3.8, 4) is 0 Å². The number of nitrogens with one attached hydrogen (secondary N) is 1. The van der Waals surface area contributed by atoms with Crippen molar-refractivity contribution < 1.29 is 4.79 Å². The van der Waals surface area contributed by atoms with E-state index in [2.05, 4.69) is 33.5 Å². The highest BCUT2D eigenvalue weighted by Crippen LogP contribution is 2.24. The molecule has 0 unspecified atom stereocenters. The van der Waals surface area contributed by atoms with E-state index in [4.69, 9.17) is 0 Å². The van der Waals surface area contributed by atoms with Crippen LogP contribution >= 0.6 is 0 Å². The SMILES string of the molecule is C[C@@H](NC(=O)N(C)Cc1cnccn1)c1ccc2c(c1)CCCC2. The Kier molecular flexibility index (Phi) is 5.08. The van der Waals surface area contributed by atoms with Crippen molar-refractivity contribution in [3.63, 3.8) is 0 Å². The van der Waals surface area contributed by atoms with Gasteiger partial charge >= 0.3 is 6.03 Å². The highest BCUT2D eigenvalue weighted by atomic mass is 16.2. The van der Waals surface area contributed by atoms with E-state index < -0.39 is 0 Å². The molecule has 1 aromatic heterocycles. The Morgan fingerprint density at radius 3 is 2.79 bits per heavy atom. The van der Waals surface area contributed by atoms with Crippen LogP contribution in [-0.4, -0.2) is 27.9 Å². The van der Waals surface area contributed by atoms with Crippen LogP contribution in [0.25, 0.3) is 0 Å². The first-order valence-electron chi connectivity index (χ1n) is 8.51. The lowest BCUT2D eigenvalue weighted by Crippen LogP contribution is -2.38. The fourth-order valence-electron chi connectivity index (χ4n) is 3.13.